The normalized spacial score (nSPS) is 14.5. The maximum Gasteiger partial charge on any atom is 0.325 e. The van der Waals surface area contributed by atoms with Gasteiger partial charge in [0.25, 0.3) is 0 Å². The summed E-state index contributed by atoms with van der Waals surface area (Å²) in [5.41, 5.74) is -0.528. The lowest BCUT2D eigenvalue weighted by Crippen LogP contribution is -2.48. The van der Waals surface area contributed by atoms with Gasteiger partial charge in [0.1, 0.15) is 5.54 Å². The van der Waals surface area contributed by atoms with E-state index in [9.17, 15) is 4.79 Å². The van der Waals surface area contributed by atoms with E-state index in [0.717, 1.165) is 18.6 Å². The molecule has 1 unspecified atom stereocenters. The Hall–Kier alpha value is -0.220. The molecule has 0 aromatic carbocycles. The van der Waals surface area contributed by atoms with Gasteiger partial charge in [-0.1, -0.05) is 13.3 Å². The van der Waals surface area contributed by atoms with E-state index in [0.29, 0.717) is 0 Å². The Balaban J connectivity index is 3.74. The Morgan fingerprint density at radius 1 is 1.38 bits per heavy atom. The number of unbranched alkanes of at least 4 members (excludes halogenated alkanes) is 1. The third-order valence-electron chi connectivity index (χ3n) is 2.80. The van der Waals surface area contributed by atoms with Gasteiger partial charge in [-0.25, -0.2) is 0 Å². The molecule has 0 amide bonds. The highest BCUT2D eigenvalue weighted by Gasteiger charge is 2.31. The molecule has 0 fully saturated rings. The van der Waals surface area contributed by atoms with E-state index in [1.165, 1.54) is 25.7 Å². The van der Waals surface area contributed by atoms with E-state index < -0.39 is 5.54 Å². The molecule has 0 aliphatic rings. The highest BCUT2D eigenvalue weighted by Crippen LogP contribution is 2.16. The molecule has 16 heavy (non-hydrogen) atoms. The van der Waals surface area contributed by atoms with E-state index in [1.54, 1.807) is 7.05 Å². The number of likely N-dealkylation sites (N-methyl/N-ethyl adjacent to an activating group) is 1. The summed E-state index contributed by atoms with van der Waals surface area (Å²) < 4.78 is 4.79. The molecule has 3 nitrogen and oxygen atoms in total. The molecule has 0 aliphatic carbocycles. The molecule has 96 valence electrons. The zero-order valence-electron chi connectivity index (χ0n) is 11.0. The van der Waals surface area contributed by atoms with Crippen LogP contribution in [-0.2, 0) is 9.53 Å². The van der Waals surface area contributed by atoms with E-state index in [2.05, 4.69) is 12.2 Å². The summed E-state index contributed by atoms with van der Waals surface area (Å²) >= 11 is 1.97. The monoisotopic (exact) mass is 247 g/mol. The van der Waals surface area contributed by atoms with Gasteiger partial charge in [-0.3, -0.25) is 4.79 Å². The first-order chi connectivity index (χ1) is 7.60. The average molecular weight is 247 g/mol. The van der Waals surface area contributed by atoms with Crippen molar-refractivity contribution < 1.29 is 9.53 Å². The van der Waals surface area contributed by atoms with Crippen LogP contribution in [0.4, 0.5) is 0 Å². The fourth-order valence-electron chi connectivity index (χ4n) is 1.43. The lowest BCUT2D eigenvalue weighted by molar-refractivity contribution is -0.148. The Morgan fingerprint density at radius 2 is 2.00 bits per heavy atom. The quantitative estimate of drug-likeness (QED) is 0.502. The fourth-order valence-corrected chi connectivity index (χ4v) is 2.48. The van der Waals surface area contributed by atoms with E-state index in [-0.39, 0.29) is 5.97 Å². The third-order valence-corrected chi connectivity index (χ3v) is 3.95. The summed E-state index contributed by atoms with van der Waals surface area (Å²) in [7, 11) is 3.25. The third kappa shape index (κ3) is 5.75. The molecule has 1 atom stereocenters. The molecule has 0 aromatic heterocycles. The number of nitrogens with one attached hydrogen (secondary N) is 1. The number of rotatable bonds is 9. The molecule has 1 N–H and O–H groups in total. The number of thioether (sulfide) groups is 1. The van der Waals surface area contributed by atoms with Crippen molar-refractivity contribution in [2.45, 2.75) is 45.1 Å². The van der Waals surface area contributed by atoms with Crippen molar-refractivity contribution in [2.75, 3.05) is 25.7 Å². The minimum atomic E-state index is -0.528. The van der Waals surface area contributed by atoms with Gasteiger partial charge in [0.05, 0.1) is 7.11 Å². The summed E-state index contributed by atoms with van der Waals surface area (Å²) in [6.07, 6.45) is 4.41. The number of ether oxygens (including phenoxy) is 1. The van der Waals surface area contributed by atoms with Gasteiger partial charge in [0.2, 0.25) is 0 Å². The van der Waals surface area contributed by atoms with Crippen molar-refractivity contribution in [3.63, 3.8) is 0 Å². The summed E-state index contributed by atoms with van der Waals surface area (Å²) in [6.45, 7) is 4.10. The van der Waals surface area contributed by atoms with Gasteiger partial charge >= 0.3 is 5.97 Å². The van der Waals surface area contributed by atoms with Crippen LogP contribution in [0.15, 0.2) is 0 Å². The number of carbonyl (C=O) groups is 1. The minimum absolute atomic E-state index is 0.173. The topological polar surface area (TPSA) is 38.3 Å². The Morgan fingerprint density at radius 3 is 2.50 bits per heavy atom. The van der Waals surface area contributed by atoms with Gasteiger partial charge in [0.15, 0.2) is 0 Å². The molecule has 0 aliphatic heterocycles. The Labute approximate surface area is 104 Å². The van der Waals surface area contributed by atoms with Gasteiger partial charge in [-0.15, -0.1) is 0 Å². The van der Waals surface area contributed by atoms with Crippen molar-refractivity contribution in [1.82, 2.24) is 5.32 Å². The molecule has 0 bridgehead atoms. The summed E-state index contributed by atoms with van der Waals surface area (Å²) in [5, 5.41) is 3.05. The second kappa shape index (κ2) is 8.88. The van der Waals surface area contributed by atoms with Crippen LogP contribution in [-0.4, -0.2) is 37.2 Å². The van der Waals surface area contributed by atoms with Crippen LogP contribution < -0.4 is 5.32 Å². The van der Waals surface area contributed by atoms with Crippen LogP contribution in [0.5, 0.6) is 0 Å². The second-order valence-electron chi connectivity index (χ2n) is 4.14. The summed E-state index contributed by atoms with van der Waals surface area (Å²) in [4.78, 5) is 11.5. The Bertz CT molecular complexity index is 199. The SMILES string of the molecule is CCCCSCCCC(C)(NC)C(=O)OC. The molecule has 0 rings (SSSR count). The zero-order chi connectivity index (χ0) is 12.4. The number of hydrogen-bond donors (Lipinski definition) is 1. The molecule has 0 radical (unpaired) electrons. The van der Waals surface area contributed by atoms with Crippen LogP contribution in [0.1, 0.15) is 39.5 Å². The van der Waals surface area contributed by atoms with Crippen LogP contribution in [0.25, 0.3) is 0 Å². The number of carbonyl (C=O) groups excluding carboxylic acids is 1. The van der Waals surface area contributed by atoms with Crippen LogP contribution in [0.3, 0.4) is 0 Å². The van der Waals surface area contributed by atoms with Crippen molar-refractivity contribution in [3.05, 3.63) is 0 Å². The minimum Gasteiger partial charge on any atom is -0.468 e. The van der Waals surface area contributed by atoms with Crippen molar-refractivity contribution in [1.29, 1.82) is 0 Å². The lowest BCUT2D eigenvalue weighted by atomic mass is 9.97. The van der Waals surface area contributed by atoms with Gasteiger partial charge in [-0.2, -0.15) is 11.8 Å². The van der Waals surface area contributed by atoms with Gasteiger partial charge < -0.3 is 10.1 Å². The molecule has 0 aromatic rings. The van der Waals surface area contributed by atoms with Crippen LogP contribution >= 0.6 is 11.8 Å². The molecular weight excluding hydrogens is 222 g/mol. The highest BCUT2D eigenvalue weighted by atomic mass is 32.2. The van der Waals surface area contributed by atoms with E-state index in [4.69, 9.17) is 4.74 Å². The lowest BCUT2D eigenvalue weighted by Gasteiger charge is -2.25. The van der Waals surface area contributed by atoms with Gasteiger partial charge in [-0.05, 0) is 44.7 Å². The second-order valence-corrected chi connectivity index (χ2v) is 5.37. The molecule has 0 heterocycles. The van der Waals surface area contributed by atoms with Gasteiger partial charge in [0, 0.05) is 0 Å². The fraction of sp³-hybridized carbons (Fsp3) is 0.917. The van der Waals surface area contributed by atoms with Crippen molar-refractivity contribution in [2.24, 2.45) is 0 Å². The number of esters is 1. The molecule has 0 spiro atoms. The molecular formula is C12H25NO2S. The maximum atomic E-state index is 11.5. The van der Waals surface area contributed by atoms with Crippen molar-refractivity contribution in [3.8, 4) is 0 Å². The number of methoxy groups -OCH3 is 1. The molecule has 4 heteroatoms. The standard InChI is InChI=1S/C12H25NO2S/c1-5-6-9-16-10-7-8-12(2,13-3)11(14)15-4/h13H,5-10H2,1-4H3. The molecule has 0 saturated heterocycles. The summed E-state index contributed by atoms with van der Waals surface area (Å²) in [5.74, 6) is 2.17. The average Bonchev–Trinajstić information content (AvgIpc) is 2.32. The van der Waals surface area contributed by atoms with Crippen molar-refractivity contribution >= 4 is 17.7 Å². The van der Waals surface area contributed by atoms with E-state index >= 15 is 0 Å². The first-order valence-corrected chi connectivity index (χ1v) is 7.11. The first kappa shape index (κ1) is 15.8. The first-order valence-electron chi connectivity index (χ1n) is 5.95. The van der Waals surface area contributed by atoms with Crippen LogP contribution in [0, 0.1) is 0 Å². The summed E-state index contributed by atoms with van der Waals surface area (Å²) in [6, 6.07) is 0. The smallest absolute Gasteiger partial charge is 0.325 e. The Kier molecular flexibility index (Phi) is 8.76. The maximum absolute atomic E-state index is 11.5. The highest BCUT2D eigenvalue weighted by molar-refractivity contribution is 7.99. The number of hydrogen-bond acceptors (Lipinski definition) is 4. The molecule has 0 saturated carbocycles. The predicted octanol–water partition coefficient (Wildman–Crippen LogP) is 2.45. The van der Waals surface area contributed by atoms with Crippen LogP contribution in [0.2, 0.25) is 0 Å². The van der Waals surface area contributed by atoms with E-state index in [1.807, 2.05) is 18.7 Å². The zero-order valence-corrected chi connectivity index (χ0v) is 11.8. The largest absolute Gasteiger partial charge is 0.468 e. The predicted molar refractivity (Wildman–Crippen MR) is 70.9 cm³/mol.